The first-order chi connectivity index (χ1) is 15.1. The number of rotatable bonds is 3. The van der Waals surface area contributed by atoms with Crippen molar-refractivity contribution in [3.05, 3.63) is 46.1 Å². The maximum atomic E-state index is 12.8. The molecule has 0 unspecified atom stereocenters. The smallest absolute Gasteiger partial charge is 0.197 e. The Hall–Kier alpha value is -3.35. The maximum Gasteiger partial charge on any atom is 0.197 e. The number of aromatic hydroxyl groups is 4. The lowest BCUT2D eigenvalue weighted by molar-refractivity contribution is -0.231. The Morgan fingerprint density at radius 1 is 0.812 bits per heavy atom. The largest absolute Gasteiger partial charge is 0.507 e. The molecule has 0 bridgehead atoms. The summed E-state index contributed by atoms with van der Waals surface area (Å²) in [5.74, 6) is -2.28. The fourth-order valence-corrected chi connectivity index (χ4v) is 3.76. The van der Waals surface area contributed by atoms with Gasteiger partial charge in [-0.2, -0.15) is 0 Å². The molecule has 8 N–H and O–H groups in total. The van der Waals surface area contributed by atoms with Crippen LogP contribution in [0.15, 0.2) is 39.5 Å². The maximum absolute atomic E-state index is 12.8. The van der Waals surface area contributed by atoms with E-state index < -0.39 is 65.6 Å². The van der Waals surface area contributed by atoms with Crippen molar-refractivity contribution in [1.82, 2.24) is 0 Å². The Bertz CT molecular complexity index is 1230. The summed E-state index contributed by atoms with van der Waals surface area (Å²) in [6.45, 7) is -0.722. The van der Waals surface area contributed by atoms with Gasteiger partial charge in [0, 0.05) is 17.7 Å². The van der Waals surface area contributed by atoms with Gasteiger partial charge in [0.25, 0.3) is 0 Å². The second-order valence-corrected chi connectivity index (χ2v) is 7.46. The molecule has 0 amide bonds. The Labute approximate surface area is 179 Å². The van der Waals surface area contributed by atoms with Crippen LogP contribution in [0.5, 0.6) is 23.0 Å². The van der Waals surface area contributed by atoms with Crippen LogP contribution in [-0.4, -0.2) is 71.9 Å². The van der Waals surface area contributed by atoms with Crippen molar-refractivity contribution in [3.63, 3.8) is 0 Å². The van der Waals surface area contributed by atoms with Crippen LogP contribution in [0.1, 0.15) is 11.7 Å². The van der Waals surface area contributed by atoms with Gasteiger partial charge in [0.2, 0.25) is 0 Å². The lowest BCUT2D eigenvalue weighted by Gasteiger charge is -2.40. The average Bonchev–Trinajstić information content (AvgIpc) is 2.74. The number of ether oxygens (including phenoxy) is 1. The molecule has 5 atom stereocenters. The molecular formula is C21H20O11. The van der Waals surface area contributed by atoms with Gasteiger partial charge in [0.15, 0.2) is 22.5 Å². The number of phenolic OH excluding ortho intramolecular Hbond substituents is 4. The molecule has 4 rings (SSSR count). The monoisotopic (exact) mass is 448 g/mol. The van der Waals surface area contributed by atoms with E-state index in [2.05, 4.69) is 0 Å². The van der Waals surface area contributed by atoms with Crippen LogP contribution < -0.4 is 5.43 Å². The molecule has 2 aromatic carbocycles. The number of aliphatic hydroxyl groups excluding tert-OH is 4. The summed E-state index contributed by atoms with van der Waals surface area (Å²) in [6.07, 6.45) is -8.07. The topological polar surface area (TPSA) is 201 Å². The van der Waals surface area contributed by atoms with E-state index in [1.54, 1.807) is 0 Å². The minimum Gasteiger partial charge on any atom is -0.507 e. The molecule has 11 heteroatoms. The molecule has 2 heterocycles. The molecule has 170 valence electrons. The Morgan fingerprint density at radius 2 is 1.53 bits per heavy atom. The minimum atomic E-state index is -1.79. The Morgan fingerprint density at radius 3 is 2.19 bits per heavy atom. The van der Waals surface area contributed by atoms with Gasteiger partial charge in [0.05, 0.1) is 12.2 Å². The summed E-state index contributed by atoms with van der Waals surface area (Å²) in [5, 5.41) is 79.7. The minimum absolute atomic E-state index is 0.117. The predicted molar refractivity (Wildman–Crippen MR) is 107 cm³/mol. The molecule has 1 aliphatic rings. The number of benzene rings is 2. The average molecular weight is 448 g/mol. The van der Waals surface area contributed by atoms with Gasteiger partial charge in [-0.05, 0) is 18.2 Å². The number of phenols is 4. The van der Waals surface area contributed by atoms with Crippen molar-refractivity contribution in [2.45, 2.75) is 30.5 Å². The van der Waals surface area contributed by atoms with E-state index in [0.29, 0.717) is 0 Å². The summed E-state index contributed by atoms with van der Waals surface area (Å²) in [7, 11) is 0. The zero-order valence-electron chi connectivity index (χ0n) is 16.3. The van der Waals surface area contributed by atoms with Gasteiger partial charge in [-0.3, -0.25) is 4.79 Å². The van der Waals surface area contributed by atoms with E-state index in [4.69, 9.17) is 9.15 Å². The second kappa shape index (κ2) is 7.97. The second-order valence-electron chi connectivity index (χ2n) is 7.46. The molecule has 1 aliphatic heterocycles. The number of aliphatic hydroxyl groups is 4. The molecule has 32 heavy (non-hydrogen) atoms. The highest BCUT2D eigenvalue weighted by molar-refractivity contribution is 5.89. The summed E-state index contributed by atoms with van der Waals surface area (Å²) < 4.78 is 11.2. The van der Waals surface area contributed by atoms with E-state index in [1.807, 2.05) is 0 Å². The van der Waals surface area contributed by atoms with Gasteiger partial charge >= 0.3 is 0 Å². The zero-order valence-corrected chi connectivity index (χ0v) is 16.3. The summed E-state index contributed by atoms with van der Waals surface area (Å²) in [6, 6.07) is 5.47. The zero-order chi connectivity index (χ0) is 23.3. The highest BCUT2D eigenvalue weighted by atomic mass is 16.5. The third kappa shape index (κ3) is 3.42. The summed E-state index contributed by atoms with van der Waals surface area (Å²) in [5.41, 5.74) is -1.27. The molecule has 3 aromatic rings. The molecular weight excluding hydrogens is 428 g/mol. The van der Waals surface area contributed by atoms with Crippen LogP contribution in [0.2, 0.25) is 0 Å². The quantitative estimate of drug-likeness (QED) is 0.247. The van der Waals surface area contributed by atoms with Gasteiger partial charge in [-0.15, -0.1) is 0 Å². The van der Waals surface area contributed by atoms with E-state index >= 15 is 0 Å². The SMILES string of the molecule is O=c1cc(-c2ccc(O)c(O)c2)oc2c([C@H]3O[C@H](CO)[C@H](O)[C@H](O)[C@H]3O)c(O)cc(O)c12. The number of hydrogen-bond acceptors (Lipinski definition) is 11. The molecule has 11 nitrogen and oxygen atoms in total. The fourth-order valence-electron chi connectivity index (χ4n) is 3.76. The third-order valence-electron chi connectivity index (χ3n) is 5.43. The predicted octanol–water partition coefficient (Wildman–Crippen LogP) is -0.203. The molecule has 0 saturated carbocycles. The Kier molecular flexibility index (Phi) is 5.44. The molecule has 1 fully saturated rings. The van der Waals surface area contributed by atoms with Crippen LogP contribution in [-0.2, 0) is 4.74 Å². The molecule has 0 spiro atoms. The van der Waals surface area contributed by atoms with Crippen molar-refractivity contribution in [3.8, 4) is 34.3 Å². The summed E-state index contributed by atoms with van der Waals surface area (Å²) in [4.78, 5) is 12.8. The lowest BCUT2D eigenvalue weighted by Crippen LogP contribution is -2.55. The molecule has 0 aliphatic carbocycles. The molecule has 1 saturated heterocycles. The van der Waals surface area contributed by atoms with Gasteiger partial charge in [0.1, 0.15) is 53.2 Å². The van der Waals surface area contributed by atoms with E-state index in [9.17, 15) is 45.6 Å². The van der Waals surface area contributed by atoms with Crippen LogP contribution in [0.25, 0.3) is 22.3 Å². The molecule has 1 aromatic heterocycles. The third-order valence-corrected chi connectivity index (χ3v) is 5.43. The first kappa shape index (κ1) is 21.9. The number of fused-ring (bicyclic) bond motifs is 1. The first-order valence-electron chi connectivity index (χ1n) is 9.49. The highest BCUT2D eigenvalue weighted by Gasteiger charge is 2.46. The van der Waals surface area contributed by atoms with Crippen LogP contribution in [0.3, 0.4) is 0 Å². The van der Waals surface area contributed by atoms with Crippen LogP contribution in [0, 0.1) is 0 Å². The van der Waals surface area contributed by atoms with Gasteiger partial charge in [-0.25, -0.2) is 0 Å². The highest BCUT2D eigenvalue weighted by Crippen LogP contribution is 2.44. The van der Waals surface area contributed by atoms with Crippen molar-refractivity contribution < 1.29 is 50.0 Å². The van der Waals surface area contributed by atoms with Gasteiger partial charge in [-0.1, -0.05) is 0 Å². The summed E-state index contributed by atoms with van der Waals surface area (Å²) >= 11 is 0. The fraction of sp³-hybridized carbons (Fsp3) is 0.286. The van der Waals surface area contributed by atoms with Crippen molar-refractivity contribution in [2.75, 3.05) is 6.61 Å². The first-order valence-corrected chi connectivity index (χ1v) is 9.49. The van der Waals surface area contributed by atoms with E-state index in [-0.39, 0.29) is 27.9 Å². The number of hydrogen-bond donors (Lipinski definition) is 8. The van der Waals surface area contributed by atoms with Crippen LogP contribution in [0.4, 0.5) is 0 Å². The van der Waals surface area contributed by atoms with Crippen LogP contribution >= 0.6 is 0 Å². The standard InChI is InChI=1S/C21H20O11/c22-6-14-17(28)18(29)19(30)21(32-14)16-11(26)4-10(25)15-12(27)5-13(31-20(15)16)7-1-2-8(23)9(24)3-7/h1-5,14,17-19,21-26,28-30H,6H2/t14-,17+,18+,19-,21-/m1/s1. The molecule has 0 radical (unpaired) electrons. The van der Waals surface area contributed by atoms with Gasteiger partial charge < -0.3 is 50.0 Å². The lowest BCUT2D eigenvalue weighted by atomic mass is 9.89. The Balaban J connectivity index is 1.97. The van der Waals surface area contributed by atoms with Crippen molar-refractivity contribution >= 4 is 11.0 Å². The van der Waals surface area contributed by atoms with E-state index in [1.165, 1.54) is 6.07 Å². The van der Waals surface area contributed by atoms with Crippen molar-refractivity contribution in [2.24, 2.45) is 0 Å². The normalized spacial score (nSPS) is 25.8. The van der Waals surface area contributed by atoms with E-state index in [0.717, 1.165) is 24.3 Å². The van der Waals surface area contributed by atoms with Crippen molar-refractivity contribution in [1.29, 1.82) is 0 Å².